The van der Waals surface area contributed by atoms with Crippen molar-refractivity contribution >= 4 is 42.7 Å². The normalized spacial score (nSPS) is 17.8. The molecule has 2 N–H and O–H groups in total. The maximum atomic E-state index is 14.5. The van der Waals surface area contributed by atoms with Gasteiger partial charge in [-0.15, -0.1) is 0 Å². The number of aromatic nitrogens is 1. The quantitative estimate of drug-likeness (QED) is 0.163. The van der Waals surface area contributed by atoms with Gasteiger partial charge >= 0.3 is 10.3 Å². The van der Waals surface area contributed by atoms with Crippen LogP contribution in [0, 0.1) is 5.92 Å². The van der Waals surface area contributed by atoms with Crippen LogP contribution in [-0.2, 0) is 20.8 Å². The molecule has 1 amide bonds. The molecule has 1 fully saturated rings. The van der Waals surface area contributed by atoms with E-state index in [2.05, 4.69) is 21.9 Å². The van der Waals surface area contributed by atoms with Crippen LogP contribution in [0.2, 0.25) is 0 Å². The van der Waals surface area contributed by atoms with E-state index in [9.17, 15) is 35.3 Å². The Labute approximate surface area is 215 Å². The van der Waals surface area contributed by atoms with Gasteiger partial charge in [0, 0.05) is 56.4 Å². The number of allylic oxidation sites excluding steroid dienone is 1. The van der Waals surface area contributed by atoms with E-state index in [1.807, 2.05) is 0 Å². The van der Waals surface area contributed by atoms with Crippen molar-refractivity contribution in [3.05, 3.63) is 41.7 Å². The fourth-order valence-corrected chi connectivity index (χ4v) is 4.53. The van der Waals surface area contributed by atoms with Crippen LogP contribution < -0.4 is 10.2 Å². The molecular weight excluding hydrogens is 537 g/mol. The maximum Gasteiger partial charge on any atom is 0.336 e. The topological polar surface area (TPSA) is 115 Å². The molecule has 2 atom stereocenters. The fourth-order valence-electron chi connectivity index (χ4n) is 3.74. The number of amides is 1. The van der Waals surface area contributed by atoms with Crippen molar-refractivity contribution in [3.63, 3.8) is 0 Å². The van der Waals surface area contributed by atoms with Gasteiger partial charge in [0.1, 0.15) is 11.7 Å². The standard InChI is InChI=1S/C22H30F4N5O4PS/c1-6-27-20(28-15(4)32)19(14(3)21(5,23)24)13(2)17-11-16(22(25,26)36)12-18(29-17)30-7-9-31(10-8-30)37(33,34)35/h6,11-12,14H,1,7-10,36H2,2-5H3,(H,27,28,32)(H,33,34,35)/b19-13+/t14-/m1/s1. The molecule has 1 saturated heterocycles. The Bertz CT molecular complexity index is 1200. The summed E-state index contributed by atoms with van der Waals surface area (Å²) in [6.07, 6.45) is 1.06. The highest BCUT2D eigenvalue weighted by molar-refractivity contribution is 7.83. The molecule has 0 aromatic carbocycles. The third-order valence-electron chi connectivity index (χ3n) is 5.84. The first-order valence-corrected chi connectivity index (χ1v) is 13.1. The van der Waals surface area contributed by atoms with Crippen molar-refractivity contribution in [2.75, 3.05) is 31.1 Å². The monoisotopic (exact) mass is 567 g/mol. The van der Waals surface area contributed by atoms with E-state index in [1.165, 1.54) is 30.0 Å². The van der Waals surface area contributed by atoms with E-state index >= 15 is 0 Å². The lowest BCUT2D eigenvalue weighted by Gasteiger charge is -2.34. The number of amidine groups is 1. The van der Waals surface area contributed by atoms with E-state index in [0.717, 1.165) is 22.6 Å². The van der Waals surface area contributed by atoms with Gasteiger partial charge in [-0.25, -0.2) is 18.8 Å². The maximum absolute atomic E-state index is 14.5. The number of hydrogen-bond acceptors (Lipinski definition) is 6. The van der Waals surface area contributed by atoms with E-state index in [4.69, 9.17) is 0 Å². The molecule has 1 aromatic heterocycles. The molecule has 9 nitrogen and oxygen atoms in total. The number of hydrogen-bond donors (Lipinski definition) is 2. The number of halogens is 4. The fraction of sp³-hybridized carbons (Fsp3) is 0.500. The third-order valence-corrected chi connectivity index (χ3v) is 7.19. The summed E-state index contributed by atoms with van der Waals surface area (Å²) >= 11 is 0. The zero-order chi connectivity index (χ0) is 28.3. The van der Waals surface area contributed by atoms with Crippen molar-refractivity contribution in [3.8, 4) is 0 Å². The summed E-state index contributed by atoms with van der Waals surface area (Å²) in [6, 6.07) is 2.18. The van der Waals surface area contributed by atoms with Crippen molar-refractivity contribution in [2.45, 2.75) is 39.3 Å². The van der Waals surface area contributed by atoms with Gasteiger partial charge in [0.15, 0.2) is 0 Å². The highest BCUT2D eigenvalue weighted by Crippen LogP contribution is 2.39. The van der Waals surface area contributed by atoms with Crippen molar-refractivity contribution in [2.24, 2.45) is 10.9 Å². The lowest BCUT2D eigenvalue weighted by molar-refractivity contribution is -0.117. The summed E-state index contributed by atoms with van der Waals surface area (Å²) in [7, 11) is -3.01. The predicted molar refractivity (Wildman–Crippen MR) is 137 cm³/mol. The molecule has 0 aliphatic carbocycles. The SMILES string of the molecule is C=CN=C(NC(C)=O)/C(=C(\C)c1cc(C(F)(F)P)cc(N2CCN(S(=O)(=O)O)CC2)n1)[C@@H](C)C(C)(F)F. The lowest BCUT2D eigenvalue weighted by Crippen LogP contribution is -2.48. The Balaban J connectivity index is 2.74. The molecule has 1 aliphatic rings. The summed E-state index contributed by atoms with van der Waals surface area (Å²) in [6.45, 7) is 7.76. The third kappa shape index (κ3) is 8.03. The number of carbonyl (C=O) groups is 1. The molecule has 2 heterocycles. The second-order valence-electron chi connectivity index (χ2n) is 8.64. The van der Waals surface area contributed by atoms with Gasteiger partial charge in [-0.05, 0) is 31.6 Å². The zero-order valence-corrected chi connectivity index (χ0v) is 22.8. The predicted octanol–water partition coefficient (Wildman–Crippen LogP) is 3.67. The van der Waals surface area contributed by atoms with Gasteiger partial charge in [0.25, 0.3) is 11.6 Å². The second-order valence-corrected chi connectivity index (χ2v) is 10.8. The number of anilines is 1. The molecule has 206 valence electrons. The summed E-state index contributed by atoms with van der Waals surface area (Å²) in [5.41, 5.74) is -4.01. The van der Waals surface area contributed by atoms with Gasteiger partial charge < -0.3 is 10.2 Å². The highest BCUT2D eigenvalue weighted by atomic mass is 32.2. The van der Waals surface area contributed by atoms with Gasteiger partial charge in [0.2, 0.25) is 5.91 Å². The molecule has 37 heavy (non-hydrogen) atoms. The molecule has 0 bridgehead atoms. The van der Waals surface area contributed by atoms with Crippen LogP contribution in [0.4, 0.5) is 23.4 Å². The Morgan fingerprint density at radius 3 is 2.24 bits per heavy atom. The zero-order valence-electron chi connectivity index (χ0n) is 20.8. The van der Waals surface area contributed by atoms with E-state index < -0.39 is 39.3 Å². The summed E-state index contributed by atoms with van der Waals surface area (Å²) in [5, 5.41) is 2.40. The molecule has 0 saturated carbocycles. The minimum Gasteiger partial charge on any atom is -0.354 e. The Morgan fingerprint density at radius 2 is 1.81 bits per heavy atom. The number of alkyl halides is 4. The van der Waals surface area contributed by atoms with Gasteiger partial charge in [0.05, 0.1) is 5.69 Å². The Morgan fingerprint density at radius 1 is 1.24 bits per heavy atom. The van der Waals surface area contributed by atoms with E-state index in [-0.39, 0.29) is 54.7 Å². The number of nitrogens with one attached hydrogen (secondary N) is 1. The molecule has 15 heteroatoms. The molecule has 0 spiro atoms. The first-order valence-electron chi connectivity index (χ1n) is 11.1. The molecule has 1 aromatic rings. The first kappa shape index (κ1) is 30.8. The molecule has 0 radical (unpaired) electrons. The minimum atomic E-state index is -4.42. The van der Waals surface area contributed by atoms with Crippen molar-refractivity contribution in [1.29, 1.82) is 0 Å². The Kier molecular flexibility index (Phi) is 9.61. The molecule has 1 aliphatic heterocycles. The average molecular weight is 568 g/mol. The molecular formula is C22H30F4N5O4PS. The summed E-state index contributed by atoms with van der Waals surface area (Å²) in [5.74, 6) is -5.55. The number of nitrogens with zero attached hydrogens (tertiary/aromatic N) is 4. The van der Waals surface area contributed by atoms with Gasteiger partial charge in [-0.2, -0.15) is 21.5 Å². The number of piperazine rings is 1. The number of rotatable bonds is 8. The van der Waals surface area contributed by atoms with Crippen molar-refractivity contribution < 1.29 is 35.3 Å². The lowest BCUT2D eigenvalue weighted by atomic mass is 9.88. The smallest absolute Gasteiger partial charge is 0.336 e. The number of pyridine rings is 1. The van der Waals surface area contributed by atoms with Crippen LogP contribution in [-0.4, -0.2) is 66.1 Å². The number of aliphatic imine (C=N–C) groups is 1. The average Bonchev–Trinajstić information content (AvgIpc) is 2.77. The van der Waals surface area contributed by atoms with Crippen LogP contribution in [0.1, 0.15) is 39.0 Å². The molecule has 2 rings (SSSR count). The van der Waals surface area contributed by atoms with Crippen LogP contribution in [0.3, 0.4) is 0 Å². The second kappa shape index (κ2) is 11.5. The Hall–Kier alpha value is -2.41. The van der Waals surface area contributed by atoms with E-state index in [1.54, 1.807) is 4.90 Å². The first-order chi connectivity index (χ1) is 16.9. The molecule has 1 unspecified atom stereocenters. The van der Waals surface area contributed by atoms with Crippen LogP contribution in [0.15, 0.2) is 35.5 Å². The number of carbonyl (C=O) groups excluding carboxylic acids is 1. The van der Waals surface area contributed by atoms with Gasteiger partial charge in [-0.3, -0.25) is 9.35 Å². The minimum absolute atomic E-state index is 0.0340. The van der Waals surface area contributed by atoms with Crippen LogP contribution in [0.5, 0.6) is 0 Å². The summed E-state index contributed by atoms with van der Waals surface area (Å²) in [4.78, 5) is 21.7. The highest BCUT2D eigenvalue weighted by Gasteiger charge is 2.37. The largest absolute Gasteiger partial charge is 0.354 e. The van der Waals surface area contributed by atoms with E-state index in [0.29, 0.717) is 6.92 Å². The van der Waals surface area contributed by atoms with Crippen LogP contribution in [0.25, 0.3) is 5.57 Å². The van der Waals surface area contributed by atoms with Gasteiger partial charge in [-0.1, -0.05) is 22.7 Å². The summed E-state index contributed by atoms with van der Waals surface area (Å²) < 4.78 is 90.7. The van der Waals surface area contributed by atoms with Crippen LogP contribution >= 0.6 is 9.24 Å². The van der Waals surface area contributed by atoms with Crippen molar-refractivity contribution in [1.82, 2.24) is 14.6 Å².